The number of fused-ring (bicyclic) bond motifs is 1. The van der Waals surface area contributed by atoms with Crippen molar-refractivity contribution >= 4 is 34.1 Å². The number of morpholine rings is 1. The molecule has 1 aliphatic rings. The van der Waals surface area contributed by atoms with Gasteiger partial charge in [-0.1, -0.05) is 0 Å². The lowest BCUT2D eigenvalue weighted by Gasteiger charge is -2.28. The molecule has 0 unspecified atom stereocenters. The van der Waals surface area contributed by atoms with E-state index in [9.17, 15) is 18.0 Å². The van der Waals surface area contributed by atoms with Gasteiger partial charge < -0.3 is 20.3 Å². The van der Waals surface area contributed by atoms with Crippen LogP contribution in [0, 0.1) is 17.5 Å². The Hall–Kier alpha value is -3.33. The molecule has 0 radical (unpaired) electrons. The number of pyridine rings is 1. The molecule has 1 aromatic heterocycles. The van der Waals surface area contributed by atoms with Crippen LogP contribution < -0.4 is 15.5 Å². The van der Waals surface area contributed by atoms with Crippen molar-refractivity contribution in [2.24, 2.45) is 0 Å². The van der Waals surface area contributed by atoms with E-state index >= 15 is 0 Å². The highest BCUT2D eigenvalue weighted by Crippen LogP contribution is 2.25. The fraction of sp³-hybridized carbons (Fsp3) is 0.200. The molecule has 3 aromatic rings. The second-order valence-corrected chi connectivity index (χ2v) is 6.50. The third-order valence-corrected chi connectivity index (χ3v) is 4.50. The van der Waals surface area contributed by atoms with Crippen molar-refractivity contribution in [3.63, 3.8) is 0 Å². The van der Waals surface area contributed by atoms with Crippen LogP contribution in [0.2, 0.25) is 0 Å². The monoisotopic (exact) mass is 402 g/mol. The Morgan fingerprint density at radius 2 is 1.76 bits per heavy atom. The van der Waals surface area contributed by atoms with Gasteiger partial charge in [0.25, 0.3) is 0 Å². The molecular weight excluding hydrogens is 385 g/mol. The van der Waals surface area contributed by atoms with Crippen LogP contribution in [-0.2, 0) is 4.74 Å². The van der Waals surface area contributed by atoms with E-state index in [2.05, 4.69) is 15.6 Å². The Kier molecular flexibility index (Phi) is 5.22. The zero-order valence-corrected chi connectivity index (χ0v) is 15.2. The van der Waals surface area contributed by atoms with Crippen LogP contribution in [0.15, 0.2) is 42.5 Å². The first-order chi connectivity index (χ1) is 14.0. The van der Waals surface area contributed by atoms with E-state index in [0.717, 1.165) is 24.3 Å². The van der Waals surface area contributed by atoms with E-state index < -0.39 is 23.5 Å². The number of hydrogen-bond acceptors (Lipinski definition) is 4. The fourth-order valence-corrected chi connectivity index (χ4v) is 3.10. The maximum Gasteiger partial charge on any atom is 0.323 e. The summed E-state index contributed by atoms with van der Waals surface area (Å²) in [5.41, 5.74) is 0.0157. The summed E-state index contributed by atoms with van der Waals surface area (Å²) >= 11 is 0. The Balaban J connectivity index is 1.53. The predicted molar refractivity (Wildman–Crippen MR) is 104 cm³/mol. The molecular formula is C20H17F3N4O2. The van der Waals surface area contributed by atoms with Gasteiger partial charge in [-0.05, 0) is 36.4 Å². The lowest BCUT2D eigenvalue weighted by molar-refractivity contribution is 0.122. The molecule has 0 aliphatic carbocycles. The minimum Gasteiger partial charge on any atom is -0.378 e. The van der Waals surface area contributed by atoms with Crippen LogP contribution in [0.4, 0.5) is 35.2 Å². The van der Waals surface area contributed by atoms with Crippen molar-refractivity contribution in [2.75, 3.05) is 41.8 Å². The van der Waals surface area contributed by atoms with Crippen molar-refractivity contribution in [3.05, 3.63) is 59.9 Å². The highest BCUT2D eigenvalue weighted by molar-refractivity contribution is 6.01. The number of halogens is 3. The molecule has 0 bridgehead atoms. The number of nitrogens with one attached hydrogen (secondary N) is 2. The minimum absolute atomic E-state index is 0.158. The summed E-state index contributed by atoms with van der Waals surface area (Å²) in [6, 6.07) is 8.03. The molecule has 2 heterocycles. The van der Waals surface area contributed by atoms with Gasteiger partial charge in [0.1, 0.15) is 23.0 Å². The summed E-state index contributed by atoms with van der Waals surface area (Å²) in [6.07, 6.45) is 0. The number of carbonyl (C=O) groups excluding carboxylic acids is 1. The number of ether oxygens (including phenoxy) is 1. The largest absolute Gasteiger partial charge is 0.378 e. The fourth-order valence-electron chi connectivity index (χ4n) is 3.10. The van der Waals surface area contributed by atoms with E-state index in [1.54, 1.807) is 18.2 Å². The van der Waals surface area contributed by atoms with Crippen molar-refractivity contribution in [1.29, 1.82) is 0 Å². The standard InChI is InChI=1S/C20H17F3N4O2/c21-13-2-3-15(22)17(10-13)25-20(28)24-14-9-12-1-4-18(26-19(12)16(23)11-14)27-5-7-29-8-6-27/h1-4,9-11H,5-8H2,(H2,24,25,28). The number of hydrogen-bond donors (Lipinski definition) is 2. The molecule has 150 valence electrons. The minimum atomic E-state index is -0.828. The normalized spacial score (nSPS) is 14.1. The first-order valence-electron chi connectivity index (χ1n) is 8.96. The molecule has 0 saturated carbocycles. The van der Waals surface area contributed by atoms with Crippen LogP contribution in [0.3, 0.4) is 0 Å². The number of rotatable bonds is 3. The van der Waals surface area contributed by atoms with E-state index in [1.807, 2.05) is 4.90 Å². The smallest absolute Gasteiger partial charge is 0.323 e. The van der Waals surface area contributed by atoms with Gasteiger partial charge in [0.05, 0.1) is 18.9 Å². The molecule has 6 nitrogen and oxygen atoms in total. The van der Waals surface area contributed by atoms with Gasteiger partial charge in [-0.3, -0.25) is 0 Å². The van der Waals surface area contributed by atoms with Crippen molar-refractivity contribution in [1.82, 2.24) is 4.98 Å². The lowest BCUT2D eigenvalue weighted by atomic mass is 10.2. The molecule has 29 heavy (non-hydrogen) atoms. The van der Waals surface area contributed by atoms with Crippen molar-refractivity contribution in [3.8, 4) is 0 Å². The molecule has 4 rings (SSSR count). The molecule has 2 N–H and O–H groups in total. The van der Waals surface area contributed by atoms with Gasteiger partial charge in [-0.25, -0.2) is 22.9 Å². The molecule has 9 heteroatoms. The highest BCUT2D eigenvalue weighted by atomic mass is 19.1. The Morgan fingerprint density at radius 3 is 2.55 bits per heavy atom. The zero-order chi connectivity index (χ0) is 20.4. The maximum absolute atomic E-state index is 14.6. The number of aromatic nitrogens is 1. The number of anilines is 3. The molecule has 1 fully saturated rings. The molecule has 2 aromatic carbocycles. The van der Waals surface area contributed by atoms with Crippen LogP contribution in [0.5, 0.6) is 0 Å². The summed E-state index contributed by atoms with van der Waals surface area (Å²) in [5.74, 6) is -1.43. The van der Waals surface area contributed by atoms with E-state index in [-0.39, 0.29) is 16.9 Å². The molecule has 2 amide bonds. The molecule has 0 spiro atoms. The van der Waals surface area contributed by atoms with Crippen molar-refractivity contribution in [2.45, 2.75) is 0 Å². The third-order valence-electron chi connectivity index (χ3n) is 4.50. The van der Waals surface area contributed by atoms with Gasteiger partial charge in [0.15, 0.2) is 5.82 Å². The predicted octanol–water partition coefficient (Wildman–Crippen LogP) is 4.13. The zero-order valence-electron chi connectivity index (χ0n) is 15.2. The first kappa shape index (κ1) is 19.0. The SMILES string of the molecule is O=C(Nc1cc(F)c2nc(N3CCOCC3)ccc2c1)Nc1cc(F)ccc1F. The van der Waals surface area contributed by atoms with Gasteiger partial charge in [0, 0.05) is 30.2 Å². The average Bonchev–Trinajstić information content (AvgIpc) is 2.71. The second kappa shape index (κ2) is 7.96. The lowest BCUT2D eigenvalue weighted by Crippen LogP contribution is -2.36. The summed E-state index contributed by atoms with van der Waals surface area (Å²) < 4.78 is 46.8. The summed E-state index contributed by atoms with van der Waals surface area (Å²) in [7, 11) is 0. The number of carbonyl (C=O) groups is 1. The van der Waals surface area contributed by atoms with Crippen LogP contribution in [0.1, 0.15) is 0 Å². The number of urea groups is 1. The van der Waals surface area contributed by atoms with Gasteiger partial charge in [-0.2, -0.15) is 0 Å². The number of nitrogens with zero attached hydrogens (tertiary/aromatic N) is 2. The third kappa shape index (κ3) is 4.24. The Morgan fingerprint density at radius 1 is 0.966 bits per heavy atom. The molecule has 1 aliphatic heterocycles. The molecule has 1 saturated heterocycles. The quantitative estimate of drug-likeness (QED) is 0.691. The van der Waals surface area contributed by atoms with Gasteiger partial charge in [0.2, 0.25) is 0 Å². The van der Waals surface area contributed by atoms with E-state index in [4.69, 9.17) is 4.74 Å². The highest BCUT2D eigenvalue weighted by Gasteiger charge is 2.15. The first-order valence-corrected chi connectivity index (χ1v) is 8.96. The maximum atomic E-state index is 14.6. The van der Waals surface area contributed by atoms with Gasteiger partial charge in [-0.15, -0.1) is 0 Å². The summed E-state index contributed by atoms with van der Waals surface area (Å²) in [6.45, 7) is 2.53. The van der Waals surface area contributed by atoms with Crippen LogP contribution in [-0.4, -0.2) is 37.3 Å². The Labute approximate surface area is 164 Å². The molecule has 0 atom stereocenters. The summed E-state index contributed by atoms with van der Waals surface area (Å²) in [5, 5.41) is 5.11. The average molecular weight is 402 g/mol. The second-order valence-electron chi connectivity index (χ2n) is 6.50. The Bertz CT molecular complexity index is 1070. The van der Waals surface area contributed by atoms with Crippen LogP contribution in [0.25, 0.3) is 10.9 Å². The van der Waals surface area contributed by atoms with Crippen molar-refractivity contribution < 1.29 is 22.7 Å². The van der Waals surface area contributed by atoms with Crippen LogP contribution >= 0.6 is 0 Å². The van der Waals surface area contributed by atoms with E-state index in [1.165, 1.54) is 0 Å². The topological polar surface area (TPSA) is 66.5 Å². The number of amides is 2. The van der Waals surface area contributed by atoms with Gasteiger partial charge >= 0.3 is 6.03 Å². The van der Waals surface area contributed by atoms with E-state index in [0.29, 0.717) is 37.5 Å². The number of benzene rings is 2. The summed E-state index contributed by atoms with van der Waals surface area (Å²) in [4.78, 5) is 18.5.